The number of carbonyl (C=O) groups excluding carboxylic acids is 1. The highest BCUT2D eigenvalue weighted by molar-refractivity contribution is 6.00. The average molecular weight is 314 g/mol. The molecule has 2 heterocycles. The Kier molecular flexibility index (Phi) is 4.19. The number of nitrogens with zero attached hydrogens (tertiary/aromatic N) is 1. The van der Waals surface area contributed by atoms with Crippen LogP contribution in [0.5, 0.6) is 0 Å². The SMILES string of the molecule is Cc1c(C(=O)N2CCC(CC(C)(C)O)CC2)[nH]c2ccccc12. The Labute approximate surface area is 137 Å². The fourth-order valence-electron chi connectivity index (χ4n) is 3.70. The number of benzene rings is 1. The summed E-state index contributed by atoms with van der Waals surface area (Å²) in [5.41, 5.74) is 2.14. The second-order valence-corrected chi connectivity index (χ2v) is 7.42. The molecule has 2 aromatic rings. The van der Waals surface area contributed by atoms with Crippen molar-refractivity contribution >= 4 is 16.8 Å². The van der Waals surface area contributed by atoms with Crippen LogP contribution in [0.2, 0.25) is 0 Å². The van der Waals surface area contributed by atoms with Crippen LogP contribution in [0, 0.1) is 12.8 Å². The van der Waals surface area contributed by atoms with Crippen molar-refractivity contribution in [1.29, 1.82) is 0 Å². The van der Waals surface area contributed by atoms with E-state index in [4.69, 9.17) is 0 Å². The van der Waals surface area contributed by atoms with Crippen LogP contribution in [0.15, 0.2) is 24.3 Å². The van der Waals surface area contributed by atoms with Crippen LogP contribution < -0.4 is 0 Å². The summed E-state index contributed by atoms with van der Waals surface area (Å²) in [5.74, 6) is 0.600. The zero-order valence-corrected chi connectivity index (χ0v) is 14.2. The Bertz CT molecular complexity index is 704. The highest BCUT2D eigenvalue weighted by Gasteiger charge is 2.28. The Morgan fingerprint density at radius 2 is 1.96 bits per heavy atom. The molecule has 4 heteroatoms. The van der Waals surface area contributed by atoms with Gasteiger partial charge in [0, 0.05) is 24.0 Å². The third-order valence-corrected chi connectivity index (χ3v) is 4.87. The predicted octanol–water partition coefficient (Wildman–Crippen LogP) is 3.49. The summed E-state index contributed by atoms with van der Waals surface area (Å²) in [6.07, 6.45) is 2.74. The maximum atomic E-state index is 12.8. The Balaban J connectivity index is 1.70. The first-order valence-corrected chi connectivity index (χ1v) is 8.44. The van der Waals surface area contributed by atoms with Gasteiger partial charge >= 0.3 is 0 Å². The quantitative estimate of drug-likeness (QED) is 0.911. The van der Waals surface area contributed by atoms with E-state index in [1.54, 1.807) is 0 Å². The van der Waals surface area contributed by atoms with Gasteiger partial charge in [0.15, 0.2) is 0 Å². The van der Waals surface area contributed by atoms with E-state index < -0.39 is 5.60 Å². The van der Waals surface area contributed by atoms with Gasteiger partial charge in [-0.25, -0.2) is 0 Å². The molecule has 0 spiro atoms. The number of aromatic nitrogens is 1. The number of rotatable bonds is 3. The van der Waals surface area contributed by atoms with Crippen LogP contribution in [-0.2, 0) is 0 Å². The van der Waals surface area contributed by atoms with E-state index in [0.717, 1.165) is 48.8 Å². The van der Waals surface area contributed by atoms with Gasteiger partial charge < -0.3 is 15.0 Å². The zero-order chi connectivity index (χ0) is 16.6. The van der Waals surface area contributed by atoms with Crippen LogP contribution in [0.3, 0.4) is 0 Å². The third kappa shape index (κ3) is 3.42. The number of amides is 1. The van der Waals surface area contributed by atoms with Gasteiger partial charge in [-0.1, -0.05) is 18.2 Å². The second-order valence-electron chi connectivity index (χ2n) is 7.42. The van der Waals surface area contributed by atoms with Gasteiger partial charge in [0.25, 0.3) is 5.91 Å². The van der Waals surface area contributed by atoms with Gasteiger partial charge in [-0.2, -0.15) is 0 Å². The first-order chi connectivity index (χ1) is 10.8. The summed E-state index contributed by atoms with van der Waals surface area (Å²) < 4.78 is 0. The minimum absolute atomic E-state index is 0.0976. The summed E-state index contributed by atoms with van der Waals surface area (Å²) in [7, 11) is 0. The number of nitrogens with one attached hydrogen (secondary N) is 1. The number of aryl methyl sites for hydroxylation is 1. The largest absolute Gasteiger partial charge is 0.390 e. The van der Waals surface area contributed by atoms with Crippen LogP contribution in [0.4, 0.5) is 0 Å². The molecule has 0 atom stereocenters. The molecular formula is C19H26N2O2. The molecule has 0 radical (unpaired) electrons. The highest BCUT2D eigenvalue weighted by Crippen LogP contribution is 2.28. The molecular weight excluding hydrogens is 288 g/mol. The lowest BCUT2D eigenvalue weighted by molar-refractivity contribution is 0.0357. The second kappa shape index (κ2) is 6.00. The average Bonchev–Trinajstić information content (AvgIpc) is 2.83. The number of para-hydroxylation sites is 1. The minimum Gasteiger partial charge on any atom is -0.390 e. The van der Waals surface area contributed by atoms with Crippen molar-refractivity contribution in [2.75, 3.05) is 13.1 Å². The molecule has 0 aliphatic carbocycles. The van der Waals surface area contributed by atoms with Crippen molar-refractivity contribution in [2.24, 2.45) is 5.92 Å². The van der Waals surface area contributed by atoms with Crippen molar-refractivity contribution in [1.82, 2.24) is 9.88 Å². The summed E-state index contributed by atoms with van der Waals surface area (Å²) in [6, 6.07) is 8.04. The molecule has 3 rings (SSSR count). The van der Waals surface area contributed by atoms with Gasteiger partial charge in [0.1, 0.15) is 5.69 Å². The van der Waals surface area contributed by atoms with E-state index >= 15 is 0 Å². The molecule has 2 N–H and O–H groups in total. The zero-order valence-electron chi connectivity index (χ0n) is 14.2. The lowest BCUT2D eigenvalue weighted by atomic mass is 9.86. The van der Waals surface area contributed by atoms with E-state index in [0.29, 0.717) is 11.6 Å². The molecule has 1 aliphatic rings. The molecule has 1 fully saturated rings. The number of aliphatic hydroxyl groups is 1. The fourth-order valence-corrected chi connectivity index (χ4v) is 3.70. The Morgan fingerprint density at radius 1 is 1.30 bits per heavy atom. The monoisotopic (exact) mass is 314 g/mol. The number of carbonyl (C=O) groups is 1. The molecule has 0 bridgehead atoms. The third-order valence-electron chi connectivity index (χ3n) is 4.87. The van der Waals surface area contributed by atoms with Gasteiger partial charge in [0.05, 0.1) is 5.60 Å². The van der Waals surface area contributed by atoms with E-state index in [-0.39, 0.29) is 5.91 Å². The number of piperidine rings is 1. The van der Waals surface area contributed by atoms with Crippen LogP contribution in [0.25, 0.3) is 10.9 Å². The lowest BCUT2D eigenvalue weighted by Gasteiger charge is -2.34. The van der Waals surface area contributed by atoms with Crippen molar-refractivity contribution in [3.8, 4) is 0 Å². The van der Waals surface area contributed by atoms with Gasteiger partial charge in [-0.3, -0.25) is 4.79 Å². The smallest absolute Gasteiger partial charge is 0.270 e. The van der Waals surface area contributed by atoms with Crippen LogP contribution in [0.1, 0.15) is 49.2 Å². The molecule has 1 amide bonds. The van der Waals surface area contributed by atoms with Crippen LogP contribution >= 0.6 is 0 Å². The lowest BCUT2D eigenvalue weighted by Crippen LogP contribution is -2.40. The maximum Gasteiger partial charge on any atom is 0.270 e. The summed E-state index contributed by atoms with van der Waals surface area (Å²) in [4.78, 5) is 18.0. The molecule has 1 aliphatic heterocycles. The van der Waals surface area contributed by atoms with Gasteiger partial charge in [-0.05, 0) is 57.6 Å². The summed E-state index contributed by atoms with van der Waals surface area (Å²) in [5, 5.41) is 11.1. The first-order valence-electron chi connectivity index (χ1n) is 8.44. The molecule has 1 saturated heterocycles. The fraction of sp³-hybridized carbons (Fsp3) is 0.526. The van der Waals surface area contributed by atoms with E-state index in [1.807, 2.05) is 49.9 Å². The van der Waals surface area contributed by atoms with Crippen molar-refractivity contribution < 1.29 is 9.90 Å². The van der Waals surface area contributed by atoms with E-state index in [2.05, 4.69) is 4.98 Å². The first kappa shape index (κ1) is 16.1. The Morgan fingerprint density at radius 3 is 2.57 bits per heavy atom. The van der Waals surface area contributed by atoms with Crippen molar-refractivity contribution in [2.45, 2.75) is 45.6 Å². The highest BCUT2D eigenvalue weighted by atomic mass is 16.3. The van der Waals surface area contributed by atoms with E-state index in [9.17, 15) is 9.90 Å². The predicted molar refractivity (Wildman–Crippen MR) is 92.6 cm³/mol. The van der Waals surface area contributed by atoms with Crippen molar-refractivity contribution in [3.63, 3.8) is 0 Å². The number of H-pyrrole nitrogens is 1. The molecule has 23 heavy (non-hydrogen) atoms. The Hall–Kier alpha value is -1.81. The summed E-state index contributed by atoms with van der Waals surface area (Å²) in [6.45, 7) is 7.27. The van der Waals surface area contributed by atoms with E-state index in [1.165, 1.54) is 0 Å². The van der Waals surface area contributed by atoms with Crippen molar-refractivity contribution in [3.05, 3.63) is 35.5 Å². The minimum atomic E-state index is -0.620. The molecule has 124 valence electrons. The summed E-state index contributed by atoms with van der Waals surface area (Å²) >= 11 is 0. The number of likely N-dealkylation sites (tertiary alicyclic amines) is 1. The molecule has 1 aromatic heterocycles. The number of fused-ring (bicyclic) bond motifs is 1. The molecule has 0 unspecified atom stereocenters. The standard InChI is InChI=1S/C19H26N2O2/c1-13-15-6-4-5-7-16(15)20-17(13)18(22)21-10-8-14(9-11-21)12-19(2,3)23/h4-7,14,20,23H,8-12H2,1-3H3. The van der Waals surface area contributed by atoms with Crippen LogP contribution in [-0.4, -0.2) is 39.6 Å². The maximum absolute atomic E-state index is 12.8. The topological polar surface area (TPSA) is 56.3 Å². The molecule has 0 saturated carbocycles. The van der Waals surface area contributed by atoms with Gasteiger partial charge in [-0.15, -0.1) is 0 Å². The number of aromatic amines is 1. The molecule has 1 aromatic carbocycles. The normalized spacial score (nSPS) is 17.0. The van der Waals surface area contributed by atoms with Gasteiger partial charge in [0.2, 0.25) is 0 Å². The number of hydrogen-bond donors (Lipinski definition) is 2. The number of hydrogen-bond acceptors (Lipinski definition) is 2. The molecule has 4 nitrogen and oxygen atoms in total.